The van der Waals surface area contributed by atoms with Crippen LogP contribution in [-0.2, 0) is 4.79 Å². The minimum absolute atomic E-state index is 0.0619. The SMILES string of the molecule is COc1ccc(OCCNCC(=O)Nc2cccc(C)c2C)cc1. The zero-order chi connectivity index (χ0) is 17.4. The number of hydrogen-bond donors (Lipinski definition) is 2. The lowest BCUT2D eigenvalue weighted by molar-refractivity contribution is -0.115. The van der Waals surface area contributed by atoms with Crippen LogP contribution in [-0.4, -0.2) is 32.7 Å². The second kappa shape index (κ2) is 8.93. The lowest BCUT2D eigenvalue weighted by atomic mass is 10.1. The highest BCUT2D eigenvalue weighted by Crippen LogP contribution is 2.18. The molecule has 2 aromatic rings. The van der Waals surface area contributed by atoms with Gasteiger partial charge in [-0.25, -0.2) is 0 Å². The number of methoxy groups -OCH3 is 1. The first-order chi connectivity index (χ1) is 11.6. The molecule has 0 heterocycles. The number of amides is 1. The number of aryl methyl sites for hydroxylation is 1. The van der Waals surface area contributed by atoms with Crippen molar-refractivity contribution in [3.8, 4) is 11.5 Å². The van der Waals surface area contributed by atoms with Gasteiger partial charge in [0.1, 0.15) is 18.1 Å². The minimum Gasteiger partial charge on any atom is -0.497 e. The fraction of sp³-hybridized carbons (Fsp3) is 0.316. The van der Waals surface area contributed by atoms with Crippen molar-refractivity contribution in [3.05, 3.63) is 53.6 Å². The molecule has 1 amide bonds. The van der Waals surface area contributed by atoms with Crippen molar-refractivity contribution in [1.82, 2.24) is 5.32 Å². The van der Waals surface area contributed by atoms with Gasteiger partial charge in [-0.15, -0.1) is 0 Å². The lowest BCUT2D eigenvalue weighted by Crippen LogP contribution is -2.31. The monoisotopic (exact) mass is 328 g/mol. The molecule has 0 unspecified atom stereocenters. The summed E-state index contributed by atoms with van der Waals surface area (Å²) in [5.74, 6) is 1.51. The van der Waals surface area contributed by atoms with Gasteiger partial charge in [0, 0.05) is 12.2 Å². The highest BCUT2D eigenvalue weighted by Gasteiger charge is 2.05. The Hall–Kier alpha value is -2.53. The molecule has 0 bridgehead atoms. The Labute approximate surface area is 143 Å². The van der Waals surface area contributed by atoms with Gasteiger partial charge in [-0.3, -0.25) is 4.79 Å². The molecule has 0 aliphatic heterocycles. The van der Waals surface area contributed by atoms with Crippen LogP contribution in [0.5, 0.6) is 11.5 Å². The van der Waals surface area contributed by atoms with Crippen LogP contribution >= 0.6 is 0 Å². The van der Waals surface area contributed by atoms with Crippen LogP contribution in [0.3, 0.4) is 0 Å². The van der Waals surface area contributed by atoms with Gasteiger partial charge in [0.05, 0.1) is 13.7 Å². The molecule has 0 spiro atoms. The summed E-state index contributed by atoms with van der Waals surface area (Å²) in [4.78, 5) is 12.0. The maximum absolute atomic E-state index is 12.0. The molecule has 0 saturated carbocycles. The van der Waals surface area contributed by atoms with Crippen molar-refractivity contribution < 1.29 is 14.3 Å². The molecule has 2 rings (SSSR count). The van der Waals surface area contributed by atoms with Crippen LogP contribution < -0.4 is 20.1 Å². The van der Waals surface area contributed by atoms with Crippen molar-refractivity contribution in [1.29, 1.82) is 0 Å². The van der Waals surface area contributed by atoms with Crippen molar-refractivity contribution in [3.63, 3.8) is 0 Å². The summed E-state index contributed by atoms with van der Waals surface area (Å²) >= 11 is 0. The highest BCUT2D eigenvalue weighted by molar-refractivity contribution is 5.93. The molecular formula is C19H24N2O3. The second-order valence-electron chi connectivity index (χ2n) is 5.50. The molecule has 0 saturated heterocycles. The maximum Gasteiger partial charge on any atom is 0.238 e. The van der Waals surface area contributed by atoms with Gasteiger partial charge in [0.2, 0.25) is 5.91 Å². The van der Waals surface area contributed by atoms with E-state index in [0.717, 1.165) is 28.3 Å². The highest BCUT2D eigenvalue weighted by atomic mass is 16.5. The minimum atomic E-state index is -0.0619. The molecule has 2 N–H and O–H groups in total. The van der Waals surface area contributed by atoms with Gasteiger partial charge in [0.15, 0.2) is 0 Å². The molecule has 0 aromatic heterocycles. The van der Waals surface area contributed by atoms with Crippen LogP contribution in [0.2, 0.25) is 0 Å². The van der Waals surface area contributed by atoms with Crippen molar-refractivity contribution in [2.24, 2.45) is 0 Å². The molecule has 5 heteroatoms. The average molecular weight is 328 g/mol. The fourth-order valence-electron chi connectivity index (χ4n) is 2.20. The Balaban J connectivity index is 1.66. The van der Waals surface area contributed by atoms with E-state index in [1.165, 1.54) is 0 Å². The largest absolute Gasteiger partial charge is 0.497 e. The van der Waals surface area contributed by atoms with E-state index in [9.17, 15) is 4.79 Å². The van der Waals surface area contributed by atoms with Crippen LogP contribution in [0.15, 0.2) is 42.5 Å². The van der Waals surface area contributed by atoms with E-state index in [0.29, 0.717) is 13.2 Å². The average Bonchev–Trinajstić information content (AvgIpc) is 2.59. The number of anilines is 1. The van der Waals surface area contributed by atoms with E-state index in [1.54, 1.807) is 7.11 Å². The van der Waals surface area contributed by atoms with Crippen LogP contribution in [0.4, 0.5) is 5.69 Å². The third-order valence-electron chi connectivity index (χ3n) is 3.77. The summed E-state index contributed by atoms with van der Waals surface area (Å²) < 4.78 is 10.7. The Morgan fingerprint density at radius 3 is 2.46 bits per heavy atom. The van der Waals surface area contributed by atoms with Gasteiger partial charge in [0.25, 0.3) is 0 Å². The Morgan fingerprint density at radius 2 is 1.75 bits per heavy atom. The van der Waals surface area contributed by atoms with Crippen molar-refractivity contribution >= 4 is 11.6 Å². The van der Waals surface area contributed by atoms with E-state index in [-0.39, 0.29) is 12.5 Å². The van der Waals surface area contributed by atoms with E-state index < -0.39 is 0 Å². The van der Waals surface area contributed by atoms with Gasteiger partial charge in [-0.1, -0.05) is 12.1 Å². The standard InChI is InChI=1S/C19H24N2O3/c1-14-5-4-6-18(15(14)2)21-19(22)13-20-11-12-24-17-9-7-16(23-3)8-10-17/h4-10,20H,11-13H2,1-3H3,(H,21,22). The molecule has 128 valence electrons. The normalized spacial score (nSPS) is 10.3. The Bertz CT molecular complexity index is 669. The number of nitrogens with one attached hydrogen (secondary N) is 2. The first kappa shape index (κ1) is 17.8. The first-order valence-corrected chi connectivity index (χ1v) is 7.94. The number of carbonyl (C=O) groups is 1. The quantitative estimate of drug-likeness (QED) is 0.732. The van der Waals surface area contributed by atoms with E-state index in [4.69, 9.17) is 9.47 Å². The van der Waals surface area contributed by atoms with Gasteiger partial charge in [-0.05, 0) is 55.3 Å². The van der Waals surface area contributed by atoms with E-state index >= 15 is 0 Å². The van der Waals surface area contributed by atoms with Gasteiger partial charge < -0.3 is 20.1 Å². The van der Waals surface area contributed by atoms with Gasteiger partial charge >= 0.3 is 0 Å². The third kappa shape index (κ3) is 5.28. The maximum atomic E-state index is 12.0. The number of carbonyl (C=O) groups excluding carboxylic acids is 1. The molecule has 0 aliphatic rings. The van der Waals surface area contributed by atoms with E-state index in [2.05, 4.69) is 10.6 Å². The van der Waals surface area contributed by atoms with Crippen LogP contribution in [0, 0.1) is 13.8 Å². The number of hydrogen-bond acceptors (Lipinski definition) is 4. The Morgan fingerprint density at radius 1 is 1.04 bits per heavy atom. The second-order valence-corrected chi connectivity index (χ2v) is 5.50. The summed E-state index contributed by atoms with van der Waals surface area (Å²) in [5.41, 5.74) is 3.11. The van der Waals surface area contributed by atoms with Crippen LogP contribution in [0.1, 0.15) is 11.1 Å². The number of rotatable bonds is 8. The first-order valence-electron chi connectivity index (χ1n) is 7.94. The molecule has 0 fully saturated rings. The number of benzene rings is 2. The zero-order valence-corrected chi connectivity index (χ0v) is 14.4. The summed E-state index contributed by atoms with van der Waals surface area (Å²) in [5, 5.41) is 5.99. The molecule has 5 nitrogen and oxygen atoms in total. The van der Waals surface area contributed by atoms with Crippen LogP contribution in [0.25, 0.3) is 0 Å². The summed E-state index contributed by atoms with van der Waals surface area (Å²) in [7, 11) is 1.63. The van der Waals surface area contributed by atoms with E-state index in [1.807, 2.05) is 56.3 Å². The molecule has 0 radical (unpaired) electrons. The zero-order valence-electron chi connectivity index (χ0n) is 14.4. The summed E-state index contributed by atoms with van der Waals surface area (Å²) in [6.07, 6.45) is 0. The van der Waals surface area contributed by atoms with Gasteiger partial charge in [-0.2, -0.15) is 0 Å². The fourth-order valence-corrected chi connectivity index (χ4v) is 2.20. The molecular weight excluding hydrogens is 304 g/mol. The lowest BCUT2D eigenvalue weighted by Gasteiger charge is -2.11. The predicted molar refractivity (Wildman–Crippen MR) is 95.9 cm³/mol. The molecule has 0 aliphatic carbocycles. The third-order valence-corrected chi connectivity index (χ3v) is 3.77. The molecule has 0 atom stereocenters. The van der Waals surface area contributed by atoms with Crippen molar-refractivity contribution in [2.75, 3.05) is 32.1 Å². The summed E-state index contributed by atoms with van der Waals surface area (Å²) in [6.45, 7) is 5.36. The molecule has 2 aromatic carbocycles. The predicted octanol–water partition coefficient (Wildman–Crippen LogP) is 2.92. The van der Waals surface area contributed by atoms with Crippen molar-refractivity contribution in [2.45, 2.75) is 13.8 Å². The number of ether oxygens (including phenoxy) is 2. The smallest absolute Gasteiger partial charge is 0.238 e. The summed E-state index contributed by atoms with van der Waals surface area (Å²) in [6, 6.07) is 13.3. The topological polar surface area (TPSA) is 59.6 Å². The molecule has 24 heavy (non-hydrogen) atoms. The Kier molecular flexibility index (Phi) is 6.63.